The molecule has 0 aliphatic heterocycles. The topological polar surface area (TPSA) is 72.8 Å². The lowest BCUT2D eigenvalue weighted by molar-refractivity contribution is -0.161. The zero-order chi connectivity index (χ0) is 25.1. The van der Waals surface area contributed by atoms with Crippen LogP contribution in [0.1, 0.15) is 155 Å². The number of unbranched alkanes of at least 4 members (excludes halogenated alkanes) is 18. The van der Waals surface area contributed by atoms with Gasteiger partial charge in [0, 0.05) is 12.8 Å². The quantitative estimate of drug-likeness (QED) is 0.0992. The molecule has 1 N–H and O–H groups in total. The number of esters is 2. The molecule has 0 radical (unpaired) electrons. The Morgan fingerprint density at radius 2 is 0.912 bits per heavy atom. The normalized spacial score (nSPS) is 12.0. The van der Waals surface area contributed by atoms with Gasteiger partial charge in [0.15, 0.2) is 6.10 Å². The Bertz CT molecular complexity index is 452. The first-order valence-corrected chi connectivity index (χ1v) is 14.6. The fraction of sp³-hybridized carbons (Fsp3) is 0.931. The van der Waals surface area contributed by atoms with E-state index in [0.717, 1.165) is 38.5 Å². The van der Waals surface area contributed by atoms with Crippen LogP contribution in [-0.4, -0.2) is 36.4 Å². The van der Waals surface area contributed by atoms with Crippen molar-refractivity contribution in [1.29, 1.82) is 0 Å². The van der Waals surface area contributed by atoms with Gasteiger partial charge in [0.25, 0.3) is 0 Å². The number of aliphatic hydroxyl groups excluding tert-OH is 1. The highest BCUT2D eigenvalue weighted by Gasteiger charge is 2.16. The smallest absolute Gasteiger partial charge is 0.306 e. The fourth-order valence-corrected chi connectivity index (χ4v) is 4.14. The lowest BCUT2D eigenvalue weighted by atomic mass is 10.1. The molecule has 0 saturated heterocycles. The van der Waals surface area contributed by atoms with Crippen LogP contribution in [0.3, 0.4) is 0 Å². The molecule has 1 unspecified atom stereocenters. The van der Waals surface area contributed by atoms with Gasteiger partial charge in [0.1, 0.15) is 6.61 Å². The molecule has 0 saturated carbocycles. The summed E-state index contributed by atoms with van der Waals surface area (Å²) >= 11 is 0. The van der Waals surface area contributed by atoms with Gasteiger partial charge in [-0.2, -0.15) is 0 Å². The maximum absolute atomic E-state index is 12.0. The van der Waals surface area contributed by atoms with Gasteiger partial charge in [-0.3, -0.25) is 9.59 Å². The number of aliphatic hydroxyl groups is 1. The van der Waals surface area contributed by atoms with Gasteiger partial charge in [0.05, 0.1) is 6.61 Å². The van der Waals surface area contributed by atoms with Crippen molar-refractivity contribution in [3.63, 3.8) is 0 Å². The van der Waals surface area contributed by atoms with E-state index in [9.17, 15) is 14.7 Å². The standard InChI is InChI=1S/C29H56O5/c1-3-5-7-9-11-13-15-17-19-21-23-28(31)33-26-27(25-30)34-29(32)24-22-20-18-16-14-12-10-8-6-4-2/h27,30H,3-26H2,1-2H3. The third-order valence-electron chi connectivity index (χ3n) is 6.40. The minimum atomic E-state index is -0.757. The van der Waals surface area contributed by atoms with E-state index in [4.69, 9.17) is 9.47 Å². The lowest BCUT2D eigenvalue weighted by Gasteiger charge is -2.15. The van der Waals surface area contributed by atoms with Gasteiger partial charge in [0.2, 0.25) is 0 Å². The molecule has 0 fully saturated rings. The predicted molar refractivity (Wildman–Crippen MR) is 141 cm³/mol. The molecular formula is C29H56O5. The van der Waals surface area contributed by atoms with E-state index in [1.54, 1.807) is 0 Å². The van der Waals surface area contributed by atoms with Crippen molar-refractivity contribution in [3.05, 3.63) is 0 Å². The number of carbonyl (C=O) groups is 2. The second-order valence-corrected chi connectivity index (χ2v) is 9.84. The first kappa shape index (κ1) is 32.9. The van der Waals surface area contributed by atoms with Gasteiger partial charge in [-0.1, -0.05) is 129 Å². The van der Waals surface area contributed by atoms with Crippen LogP contribution < -0.4 is 0 Å². The minimum absolute atomic E-state index is 0.0587. The van der Waals surface area contributed by atoms with Crippen LogP contribution in [0, 0.1) is 0 Å². The predicted octanol–water partition coefficient (Wildman–Crippen LogP) is 8.06. The Labute approximate surface area is 210 Å². The van der Waals surface area contributed by atoms with Crippen LogP contribution in [0.15, 0.2) is 0 Å². The molecule has 0 rings (SSSR count). The van der Waals surface area contributed by atoms with Crippen LogP contribution in [0.2, 0.25) is 0 Å². The second kappa shape index (κ2) is 26.5. The van der Waals surface area contributed by atoms with Gasteiger partial charge >= 0.3 is 11.9 Å². The largest absolute Gasteiger partial charge is 0.462 e. The summed E-state index contributed by atoms with van der Waals surface area (Å²) in [5.74, 6) is -0.590. The highest BCUT2D eigenvalue weighted by atomic mass is 16.6. The van der Waals surface area contributed by atoms with Crippen LogP contribution in [0.4, 0.5) is 0 Å². The average Bonchev–Trinajstić information content (AvgIpc) is 2.84. The molecule has 5 nitrogen and oxygen atoms in total. The van der Waals surface area contributed by atoms with Crippen molar-refractivity contribution < 1.29 is 24.2 Å². The van der Waals surface area contributed by atoms with Crippen molar-refractivity contribution in [2.24, 2.45) is 0 Å². The lowest BCUT2D eigenvalue weighted by Crippen LogP contribution is -2.28. The summed E-state index contributed by atoms with van der Waals surface area (Å²) in [6.45, 7) is 4.09. The number of rotatable bonds is 26. The van der Waals surface area contributed by atoms with Crippen molar-refractivity contribution >= 4 is 11.9 Å². The number of carbonyl (C=O) groups excluding carboxylic acids is 2. The first-order valence-electron chi connectivity index (χ1n) is 14.6. The third kappa shape index (κ3) is 24.0. The van der Waals surface area contributed by atoms with Crippen LogP contribution in [0.25, 0.3) is 0 Å². The molecule has 0 amide bonds. The summed E-state index contributed by atoms with van der Waals surface area (Å²) in [7, 11) is 0. The minimum Gasteiger partial charge on any atom is -0.462 e. The summed E-state index contributed by atoms with van der Waals surface area (Å²) in [5.41, 5.74) is 0. The molecular weight excluding hydrogens is 428 g/mol. The summed E-state index contributed by atoms with van der Waals surface area (Å²) in [6, 6.07) is 0. The van der Waals surface area contributed by atoms with Crippen molar-refractivity contribution in [2.45, 2.75) is 161 Å². The van der Waals surface area contributed by atoms with Gasteiger partial charge in [-0.25, -0.2) is 0 Å². The highest BCUT2D eigenvalue weighted by Crippen LogP contribution is 2.13. The summed E-state index contributed by atoms with van der Waals surface area (Å²) in [5, 5.41) is 9.43. The molecule has 0 bridgehead atoms. The molecule has 0 heterocycles. The molecule has 202 valence electrons. The molecule has 5 heteroatoms. The van der Waals surface area contributed by atoms with E-state index in [1.165, 1.54) is 89.9 Å². The Kier molecular flexibility index (Phi) is 25.6. The zero-order valence-electron chi connectivity index (χ0n) is 22.6. The molecule has 1 atom stereocenters. The van der Waals surface area contributed by atoms with E-state index < -0.39 is 6.10 Å². The van der Waals surface area contributed by atoms with E-state index in [2.05, 4.69) is 13.8 Å². The maximum atomic E-state index is 12.0. The third-order valence-corrected chi connectivity index (χ3v) is 6.40. The first-order chi connectivity index (χ1) is 16.6. The zero-order valence-corrected chi connectivity index (χ0v) is 22.6. The SMILES string of the molecule is CCCCCCCCCCCCC(=O)OCC(CO)OC(=O)CCCCCCCCCCCC. The second-order valence-electron chi connectivity index (χ2n) is 9.84. The fourth-order valence-electron chi connectivity index (χ4n) is 4.14. The van der Waals surface area contributed by atoms with Gasteiger partial charge in [-0.05, 0) is 12.8 Å². The molecule has 0 aromatic rings. The number of hydrogen-bond donors (Lipinski definition) is 1. The summed E-state index contributed by atoms with van der Waals surface area (Å²) in [6.07, 6.45) is 24.4. The van der Waals surface area contributed by atoms with Crippen LogP contribution >= 0.6 is 0 Å². The summed E-state index contributed by atoms with van der Waals surface area (Å²) < 4.78 is 10.5. The number of ether oxygens (including phenoxy) is 2. The van der Waals surface area contributed by atoms with E-state index in [0.29, 0.717) is 12.8 Å². The van der Waals surface area contributed by atoms with Crippen molar-refractivity contribution in [1.82, 2.24) is 0 Å². The maximum Gasteiger partial charge on any atom is 0.306 e. The molecule has 0 aliphatic carbocycles. The van der Waals surface area contributed by atoms with Crippen molar-refractivity contribution in [3.8, 4) is 0 Å². The monoisotopic (exact) mass is 484 g/mol. The van der Waals surface area contributed by atoms with Crippen molar-refractivity contribution in [2.75, 3.05) is 13.2 Å². The van der Waals surface area contributed by atoms with Crippen LogP contribution in [0.5, 0.6) is 0 Å². The Morgan fingerprint density at radius 3 is 1.29 bits per heavy atom. The molecule has 0 aliphatic rings. The molecule has 0 aromatic heterocycles. The van der Waals surface area contributed by atoms with Gasteiger partial charge < -0.3 is 14.6 Å². The molecule has 0 spiro atoms. The summed E-state index contributed by atoms with van der Waals surface area (Å²) in [4.78, 5) is 23.9. The van der Waals surface area contributed by atoms with E-state index in [1.807, 2.05) is 0 Å². The van der Waals surface area contributed by atoms with E-state index in [-0.39, 0.29) is 25.2 Å². The average molecular weight is 485 g/mol. The highest BCUT2D eigenvalue weighted by molar-refractivity contribution is 5.70. The Hall–Kier alpha value is -1.10. The molecule has 0 aromatic carbocycles. The Morgan fingerprint density at radius 1 is 0.559 bits per heavy atom. The number of hydrogen-bond acceptors (Lipinski definition) is 5. The van der Waals surface area contributed by atoms with E-state index >= 15 is 0 Å². The van der Waals surface area contributed by atoms with Crippen LogP contribution in [-0.2, 0) is 19.1 Å². The molecule has 34 heavy (non-hydrogen) atoms. The Balaban J connectivity index is 3.59. The van der Waals surface area contributed by atoms with Gasteiger partial charge in [-0.15, -0.1) is 0 Å².